The molecule has 1 N–H and O–H groups in total. The van der Waals surface area contributed by atoms with Crippen LogP contribution in [-0.2, 0) is 24.4 Å². The third-order valence-corrected chi connectivity index (χ3v) is 5.31. The fraction of sp³-hybridized carbons (Fsp3) is 0.684. The number of ether oxygens (including phenoxy) is 1. The second kappa shape index (κ2) is 11.8. The predicted molar refractivity (Wildman–Crippen MR) is 115 cm³/mol. The zero-order chi connectivity index (χ0) is 17.6. The second-order valence-corrected chi connectivity index (χ2v) is 7.23. The van der Waals surface area contributed by atoms with Gasteiger partial charge in [-0.15, -0.1) is 24.8 Å². The van der Waals surface area contributed by atoms with Crippen molar-refractivity contribution in [3.05, 3.63) is 24.2 Å². The molecule has 28 heavy (non-hydrogen) atoms. The Labute approximate surface area is 179 Å². The molecule has 2 aromatic rings. The Kier molecular flexibility index (Phi) is 9.74. The average molecular weight is 431 g/mol. The van der Waals surface area contributed by atoms with Crippen LogP contribution in [0.15, 0.2) is 18.5 Å². The van der Waals surface area contributed by atoms with Gasteiger partial charge in [0.1, 0.15) is 5.69 Å². The van der Waals surface area contributed by atoms with Gasteiger partial charge >= 0.3 is 0 Å². The molecule has 1 saturated heterocycles. The van der Waals surface area contributed by atoms with Gasteiger partial charge < -0.3 is 14.6 Å². The highest BCUT2D eigenvalue weighted by molar-refractivity contribution is 5.85. The normalized spacial score (nSPS) is 17.3. The van der Waals surface area contributed by atoms with Crippen molar-refractivity contribution in [2.45, 2.75) is 45.3 Å². The molecule has 1 fully saturated rings. The minimum absolute atomic E-state index is 0. The van der Waals surface area contributed by atoms with E-state index in [4.69, 9.17) is 9.84 Å². The zero-order valence-corrected chi connectivity index (χ0v) is 18.0. The first-order valence-corrected chi connectivity index (χ1v) is 9.99. The number of nitrogens with zero attached hydrogens (tertiary/aromatic N) is 5. The lowest BCUT2D eigenvalue weighted by Gasteiger charge is -2.26. The fourth-order valence-electron chi connectivity index (χ4n) is 3.81. The Hall–Kier alpha value is -1.12. The lowest BCUT2D eigenvalue weighted by molar-refractivity contribution is 0.0371. The molecule has 0 radical (unpaired) electrons. The highest BCUT2D eigenvalue weighted by Crippen LogP contribution is 2.19. The SMILES string of the molecule is Cl.Cl.c1cn(CCCCCN2CCOCC2)c(-c2cc3n(n2)CCCNC3)n1. The summed E-state index contributed by atoms with van der Waals surface area (Å²) in [5.74, 6) is 0.999. The van der Waals surface area contributed by atoms with Gasteiger partial charge in [-0.05, 0) is 38.4 Å². The number of hydrogen-bond acceptors (Lipinski definition) is 5. The minimum Gasteiger partial charge on any atom is -0.379 e. The van der Waals surface area contributed by atoms with Crippen LogP contribution in [0.1, 0.15) is 31.4 Å². The molecular formula is C19H32Cl2N6O. The largest absolute Gasteiger partial charge is 0.379 e. The molecule has 158 valence electrons. The van der Waals surface area contributed by atoms with Crippen LogP contribution in [-0.4, -0.2) is 63.6 Å². The molecule has 0 saturated carbocycles. The second-order valence-electron chi connectivity index (χ2n) is 7.23. The molecule has 2 aliphatic heterocycles. The van der Waals surface area contributed by atoms with Crippen LogP contribution in [0, 0.1) is 0 Å². The average Bonchev–Trinajstić information content (AvgIpc) is 3.24. The van der Waals surface area contributed by atoms with E-state index in [1.54, 1.807) is 0 Å². The first-order chi connectivity index (χ1) is 12.9. The molecule has 4 rings (SSSR count). The summed E-state index contributed by atoms with van der Waals surface area (Å²) >= 11 is 0. The van der Waals surface area contributed by atoms with Crippen molar-refractivity contribution in [3.63, 3.8) is 0 Å². The summed E-state index contributed by atoms with van der Waals surface area (Å²) in [5.41, 5.74) is 2.26. The molecule has 2 aromatic heterocycles. The van der Waals surface area contributed by atoms with Crippen LogP contribution in [0.3, 0.4) is 0 Å². The highest BCUT2D eigenvalue weighted by Gasteiger charge is 2.15. The smallest absolute Gasteiger partial charge is 0.160 e. The number of morpholine rings is 1. The predicted octanol–water partition coefficient (Wildman–Crippen LogP) is 2.59. The standard InChI is InChI=1S/C19H30N6O.2ClH/c1(2-7-23-11-13-26-14-12-23)3-8-24-10-6-21-19(24)18-15-17-16-20-5-4-9-25(17)22-18;;/h6,10,15,20H,1-5,7-9,11-14,16H2;2*1H. The molecule has 9 heteroatoms. The van der Waals surface area contributed by atoms with Gasteiger partial charge in [-0.2, -0.15) is 5.10 Å². The molecular weight excluding hydrogens is 399 g/mol. The number of halogens is 2. The van der Waals surface area contributed by atoms with Crippen LogP contribution in [0.4, 0.5) is 0 Å². The van der Waals surface area contributed by atoms with E-state index >= 15 is 0 Å². The van der Waals surface area contributed by atoms with Crippen LogP contribution < -0.4 is 5.32 Å². The summed E-state index contributed by atoms with van der Waals surface area (Å²) in [5, 5.41) is 8.25. The molecule has 4 heterocycles. The number of nitrogens with one attached hydrogen (secondary N) is 1. The van der Waals surface area contributed by atoms with Crippen molar-refractivity contribution in [3.8, 4) is 11.5 Å². The molecule has 0 amide bonds. The molecule has 0 bridgehead atoms. The fourth-order valence-corrected chi connectivity index (χ4v) is 3.81. The summed E-state index contributed by atoms with van der Waals surface area (Å²) in [6.07, 6.45) is 8.80. The zero-order valence-electron chi connectivity index (χ0n) is 16.4. The number of aromatic nitrogens is 4. The van der Waals surface area contributed by atoms with Gasteiger partial charge in [0.05, 0.1) is 18.9 Å². The van der Waals surface area contributed by atoms with Crippen molar-refractivity contribution in [1.82, 2.24) is 29.5 Å². The Balaban J connectivity index is 0.00000140. The van der Waals surface area contributed by atoms with Gasteiger partial charge in [0.2, 0.25) is 0 Å². The Bertz CT molecular complexity index is 675. The first-order valence-electron chi connectivity index (χ1n) is 9.99. The Morgan fingerprint density at radius 2 is 1.86 bits per heavy atom. The van der Waals surface area contributed by atoms with Crippen molar-refractivity contribution < 1.29 is 4.74 Å². The molecule has 2 aliphatic rings. The molecule has 0 spiro atoms. The maximum atomic E-state index is 5.40. The number of fused-ring (bicyclic) bond motifs is 1. The molecule has 0 aliphatic carbocycles. The third kappa shape index (κ3) is 5.94. The van der Waals surface area contributed by atoms with E-state index in [-0.39, 0.29) is 24.8 Å². The van der Waals surface area contributed by atoms with Gasteiger partial charge in [0, 0.05) is 45.1 Å². The van der Waals surface area contributed by atoms with Gasteiger partial charge in [0.15, 0.2) is 5.82 Å². The molecule has 7 nitrogen and oxygen atoms in total. The Morgan fingerprint density at radius 1 is 1.04 bits per heavy atom. The maximum absolute atomic E-state index is 5.40. The van der Waals surface area contributed by atoms with Crippen molar-refractivity contribution in [2.75, 3.05) is 39.4 Å². The summed E-state index contributed by atoms with van der Waals surface area (Å²) in [7, 11) is 0. The summed E-state index contributed by atoms with van der Waals surface area (Å²) in [6, 6.07) is 2.19. The number of rotatable bonds is 7. The third-order valence-electron chi connectivity index (χ3n) is 5.31. The summed E-state index contributed by atoms with van der Waals surface area (Å²) in [6.45, 7) is 9.12. The van der Waals surface area contributed by atoms with Crippen LogP contribution in [0.2, 0.25) is 0 Å². The lowest BCUT2D eigenvalue weighted by Crippen LogP contribution is -2.36. The van der Waals surface area contributed by atoms with Crippen molar-refractivity contribution in [1.29, 1.82) is 0 Å². The molecule has 0 atom stereocenters. The van der Waals surface area contributed by atoms with Crippen LogP contribution in [0.5, 0.6) is 0 Å². The monoisotopic (exact) mass is 430 g/mol. The maximum Gasteiger partial charge on any atom is 0.160 e. The van der Waals surface area contributed by atoms with E-state index in [0.29, 0.717) is 0 Å². The van der Waals surface area contributed by atoms with Gasteiger partial charge in [-0.1, -0.05) is 6.42 Å². The van der Waals surface area contributed by atoms with E-state index in [1.807, 2.05) is 6.20 Å². The van der Waals surface area contributed by atoms with Gasteiger partial charge in [-0.25, -0.2) is 4.98 Å². The topological polar surface area (TPSA) is 60.1 Å². The van der Waals surface area contributed by atoms with E-state index in [9.17, 15) is 0 Å². The van der Waals surface area contributed by atoms with E-state index in [0.717, 1.165) is 70.4 Å². The van der Waals surface area contributed by atoms with Gasteiger partial charge in [0.25, 0.3) is 0 Å². The number of aryl methyl sites for hydroxylation is 2. The lowest BCUT2D eigenvalue weighted by atomic mass is 10.2. The van der Waals surface area contributed by atoms with E-state index in [1.165, 1.54) is 31.5 Å². The molecule has 0 aromatic carbocycles. The first kappa shape index (κ1) is 23.2. The summed E-state index contributed by atoms with van der Waals surface area (Å²) < 4.78 is 9.79. The number of unbranched alkanes of at least 4 members (excludes halogenated alkanes) is 2. The Morgan fingerprint density at radius 3 is 2.71 bits per heavy atom. The summed E-state index contributed by atoms with van der Waals surface area (Å²) in [4.78, 5) is 7.08. The van der Waals surface area contributed by atoms with Crippen molar-refractivity contribution >= 4 is 24.8 Å². The number of imidazole rings is 1. The quantitative estimate of drug-likeness (QED) is 0.683. The van der Waals surface area contributed by atoms with Gasteiger partial charge in [-0.3, -0.25) is 9.58 Å². The van der Waals surface area contributed by atoms with Crippen molar-refractivity contribution in [2.24, 2.45) is 0 Å². The highest BCUT2D eigenvalue weighted by atomic mass is 35.5. The number of hydrogen-bond donors (Lipinski definition) is 1. The minimum atomic E-state index is 0. The van der Waals surface area contributed by atoms with E-state index in [2.05, 4.69) is 36.7 Å². The molecule has 0 unspecified atom stereocenters. The van der Waals surface area contributed by atoms with Crippen LogP contribution in [0.25, 0.3) is 11.5 Å². The van der Waals surface area contributed by atoms with Crippen LogP contribution >= 0.6 is 24.8 Å². The van der Waals surface area contributed by atoms with E-state index < -0.39 is 0 Å².